The molecule has 90 valence electrons. The second-order valence-corrected chi connectivity index (χ2v) is 5.12. The molecular formula is C12H25NO2. The minimum absolute atomic E-state index is 0.412. The van der Waals surface area contributed by atoms with Crippen molar-refractivity contribution in [1.82, 2.24) is 4.90 Å². The first kappa shape index (κ1) is 14.4. The minimum atomic E-state index is -0.701. The van der Waals surface area contributed by atoms with Crippen molar-refractivity contribution in [3.8, 4) is 0 Å². The van der Waals surface area contributed by atoms with Gasteiger partial charge >= 0.3 is 5.97 Å². The summed E-state index contributed by atoms with van der Waals surface area (Å²) in [5.74, 6) is -0.155. The molecule has 0 spiro atoms. The van der Waals surface area contributed by atoms with Crippen LogP contribution in [0.3, 0.4) is 0 Å². The van der Waals surface area contributed by atoms with E-state index in [0.717, 1.165) is 0 Å². The standard InChI is InChI=1S/C12H25NO2/c1-7-12(5,11(14)15)8-13(6)10(4)9(2)3/h9-10H,7-8H2,1-6H3,(H,14,15). The van der Waals surface area contributed by atoms with Crippen molar-refractivity contribution in [2.24, 2.45) is 11.3 Å². The molecule has 0 saturated heterocycles. The van der Waals surface area contributed by atoms with Crippen molar-refractivity contribution in [2.45, 2.75) is 47.1 Å². The quantitative estimate of drug-likeness (QED) is 0.740. The van der Waals surface area contributed by atoms with Gasteiger partial charge in [0, 0.05) is 12.6 Å². The van der Waals surface area contributed by atoms with Crippen molar-refractivity contribution in [1.29, 1.82) is 0 Å². The summed E-state index contributed by atoms with van der Waals surface area (Å²) < 4.78 is 0. The molecule has 0 aliphatic heterocycles. The van der Waals surface area contributed by atoms with Crippen LogP contribution in [0.2, 0.25) is 0 Å². The van der Waals surface area contributed by atoms with Crippen molar-refractivity contribution in [3.05, 3.63) is 0 Å². The molecular weight excluding hydrogens is 190 g/mol. The lowest BCUT2D eigenvalue weighted by molar-refractivity contribution is -0.149. The van der Waals surface area contributed by atoms with Gasteiger partial charge in [0.2, 0.25) is 0 Å². The van der Waals surface area contributed by atoms with Gasteiger partial charge in [0.15, 0.2) is 0 Å². The van der Waals surface area contributed by atoms with Crippen LogP contribution in [0.25, 0.3) is 0 Å². The molecule has 0 radical (unpaired) electrons. The molecule has 2 atom stereocenters. The van der Waals surface area contributed by atoms with E-state index >= 15 is 0 Å². The van der Waals surface area contributed by atoms with Gasteiger partial charge in [-0.1, -0.05) is 20.8 Å². The predicted molar refractivity (Wildman–Crippen MR) is 63.0 cm³/mol. The lowest BCUT2D eigenvalue weighted by Gasteiger charge is -2.34. The fourth-order valence-corrected chi connectivity index (χ4v) is 1.53. The summed E-state index contributed by atoms with van der Waals surface area (Å²) in [6, 6.07) is 0.412. The Morgan fingerprint density at radius 3 is 2.13 bits per heavy atom. The van der Waals surface area contributed by atoms with Crippen LogP contribution >= 0.6 is 0 Å². The third-order valence-corrected chi connectivity index (χ3v) is 3.56. The number of aliphatic carboxylic acids is 1. The molecule has 0 fully saturated rings. The highest BCUT2D eigenvalue weighted by Gasteiger charge is 2.33. The van der Waals surface area contributed by atoms with E-state index in [2.05, 4.69) is 25.7 Å². The van der Waals surface area contributed by atoms with Gasteiger partial charge in [-0.3, -0.25) is 4.79 Å². The Morgan fingerprint density at radius 2 is 1.87 bits per heavy atom. The monoisotopic (exact) mass is 215 g/mol. The summed E-state index contributed by atoms with van der Waals surface area (Å²) in [5.41, 5.74) is -0.627. The maximum Gasteiger partial charge on any atom is 0.310 e. The first-order valence-corrected chi connectivity index (χ1v) is 5.68. The maximum absolute atomic E-state index is 11.2. The summed E-state index contributed by atoms with van der Waals surface area (Å²) in [4.78, 5) is 13.3. The molecule has 0 aromatic carbocycles. The van der Waals surface area contributed by atoms with Crippen molar-refractivity contribution >= 4 is 5.97 Å². The smallest absolute Gasteiger partial charge is 0.310 e. The Morgan fingerprint density at radius 1 is 1.40 bits per heavy atom. The lowest BCUT2D eigenvalue weighted by atomic mass is 9.86. The number of rotatable bonds is 6. The van der Waals surface area contributed by atoms with E-state index in [-0.39, 0.29) is 0 Å². The van der Waals surface area contributed by atoms with Gasteiger partial charge in [0.25, 0.3) is 0 Å². The van der Waals surface area contributed by atoms with Gasteiger partial charge in [0.05, 0.1) is 5.41 Å². The van der Waals surface area contributed by atoms with E-state index in [0.29, 0.717) is 24.9 Å². The molecule has 15 heavy (non-hydrogen) atoms. The molecule has 3 heteroatoms. The molecule has 0 saturated carbocycles. The van der Waals surface area contributed by atoms with Crippen LogP contribution in [0, 0.1) is 11.3 Å². The van der Waals surface area contributed by atoms with Gasteiger partial charge in [0.1, 0.15) is 0 Å². The predicted octanol–water partition coefficient (Wildman–Crippen LogP) is 2.46. The number of hydrogen-bond donors (Lipinski definition) is 1. The molecule has 0 aliphatic rings. The summed E-state index contributed by atoms with van der Waals surface area (Å²) in [7, 11) is 2.00. The molecule has 0 rings (SSSR count). The molecule has 0 bridgehead atoms. The number of carboxylic acids is 1. The zero-order chi connectivity index (χ0) is 12.2. The number of nitrogens with zero attached hydrogens (tertiary/aromatic N) is 1. The van der Waals surface area contributed by atoms with Gasteiger partial charge in [-0.25, -0.2) is 0 Å². The average Bonchev–Trinajstić information content (AvgIpc) is 2.15. The fraction of sp³-hybridized carbons (Fsp3) is 0.917. The Kier molecular flexibility index (Phi) is 5.29. The zero-order valence-electron chi connectivity index (χ0n) is 10.9. The Bertz CT molecular complexity index is 216. The molecule has 0 aliphatic carbocycles. The third kappa shape index (κ3) is 3.82. The normalized spacial score (nSPS) is 17.9. The number of carbonyl (C=O) groups is 1. The highest BCUT2D eigenvalue weighted by molar-refractivity contribution is 5.74. The maximum atomic E-state index is 11.2. The summed E-state index contributed by atoms with van der Waals surface area (Å²) in [6.07, 6.45) is 0.664. The fourth-order valence-electron chi connectivity index (χ4n) is 1.53. The van der Waals surface area contributed by atoms with E-state index in [4.69, 9.17) is 0 Å². The first-order valence-electron chi connectivity index (χ1n) is 5.68. The lowest BCUT2D eigenvalue weighted by Crippen LogP contribution is -2.44. The largest absolute Gasteiger partial charge is 0.481 e. The number of hydrogen-bond acceptors (Lipinski definition) is 2. The van der Waals surface area contributed by atoms with Crippen LogP contribution < -0.4 is 0 Å². The molecule has 3 nitrogen and oxygen atoms in total. The molecule has 0 amide bonds. The van der Waals surface area contributed by atoms with E-state index in [1.807, 2.05) is 20.9 Å². The van der Waals surface area contributed by atoms with Crippen molar-refractivity contribution < 1.29 is 9.90 Å². The molecule has 0 aromatic heterocycles. The SMILES string of the molecule is CCC(C)(CN(C)C(C)C(C)C)C(=O)O. The average molecular weight is 215 g/mol. The Labute approximate surface area is 93.5 Å². The first-order chi connectivity index (χ1) is 6.74. The van der Waals surface area contributed by atoms with Crippen LogP contribution in [-0.2, 0) is 4.79 Å². The number of carboxylic acid groups (broad SMARTS) is 1. The third-order valence-electron chi connectivity index (χ3n) is 3.56. The second-order valence-electron chi connectivity index (χ2n) is 5.12. The van der Waals surface area contributed by atoms with E-state index in [9.17, 15) is 9.90 Å². The van der Waals surface area contributed by atoms with Crippen molar-refractivity contribution in [2.75, 3.05) is 13.6 Å². The van der Waals surface area contributed by atoms with Crippen LogP contribution in [0.4, 0.5) is 0 Å². The van der Waals surface area contributed by atoms with Crippen LogP contribution in [0.5, 0.6) is 0 Å². The highest BCUT2D eigenvalue weighted by atomic mass is 16.4. The van der Waals surface area contributed by atoms with E-state index in [1.54, 1.807) is 0 Å². The van der Waals surface area contributed by atoms with Crippen LogP contribution in [0.1, 0.15) is 41.0 Å². The highest BCUT2D eigenvalue weighted by Crippen LogP contribution is 2.24. The molecule has 1 N–H and O–H groups in total. The van der Waals surface area contributed by atoms with Crippen LogP contribution in [-0.4, -0.2) is 35.6 Å². The summed E-state index contributed by atoms with van der Waals surface area (Å²) in [6.45, 7) is 10.8. The molecule has 2 unspecified atom stereocenters. The zero-order valence-corrected chi connectivity index (χ0v) is 10.9. The second kappa shape index (κ2) is 5.50. The van der Waals surface area contributed by atoms with E-state index in [1.165, 1.54) is 0 Å². The minimum Gasteiger partial charge on any atom is -0.481 e. The van der Waals surface area contributed by atoms with Crippen LogP contribution in [0.15, 0.2) is 0 Å². The van der Waals surface area contributed by atoms with Gasteiger partial charge in [-0.05, 0) is 33.2 Å². The molecule has 0 aromatic rings. The Balaban J connectivity index is 4.49. The van der Waals surface area contributed by atoms with Gasteiger partial charge in [-0.2, -0.15) is 0 Å². The summed E-state index contributed by atoms with van der Waals surface area (Å²) >= 11 is 0. The van der Waals surface area contributed by atoms with Gasteiger partial charge < -0.3 is 10.0 Å². The summed E-state index contributed by atoms with van der Waals surface area (Å²) in [5, 5.41) is 9.18. The Hall–Kier alpha value is -0.570. The van der Waals surface area contributed by atoms with Crippen molar-refractivity contribution in [3.63, 3.8) is 0 Å². The van der Waals surface area contributed by atoms with E-state index < -0.39 is 11.4 Å². The molecule has 0 heterocycles. The van der Waals surface area contributed by atoms with Gasteiger partial charge in [-0.15, -0.1) is 0 Å². The topological polar surface area (TPSA) is 40.5 Å².